The van der Waals surface area contributed by atoms with Crippen molar-refractivity contribution in [2.45, 2.75) is 51.4 Å². The Morgan fingerprint density at radius 1 is 0.897 bits per heavy atom. The van der Waals surface area contributed by atoms with Gasteiger partial charge >= 0.3 is 5.97 Å². The van der Waals surface area contributed by atoms with Crippen molar-refractivity contribution in [2.75, 3.05) is 36.1 Å². The van der Waals surface area contributed by atoms with E-state index in [0.29, 0.717) is 48.8 Å². The fraction of sp³-hybridized carbons (Fsp3) is 0.400. The number of carbonyl (C=O) groups is 3. The van der Waals surface area contributed by atoms with Crippen LogP contribution in [0, 0.1) is 0 Å². The summed E-state index contributed by atoms with van der Waals surface area (Å²) in [6, 6.07) is 15.0. The van der Waals surface area contributed by atoms with Gasteiger partial charge in [0.05, 0.1) is 18.9 Å². The van der Waals surface area contributed by atoms with E-state index in [1.807, 2.05) is 60.4 Å². The number of hydrogen-bond acceptors (Lipinski definition) is 6. The zero-order chi connectivity index (χ0) is 27.1. The SMILES string of the molecule is CCOC(=O)c1nn(-c2ccc(OCC)cc2)c2c1C1(CC1)CN(c1ccc(N3CCCCC3=O)cc1)C2=O. The molecule has 2 aliphatic heterocycles. The van der Waals surface area contributed by atoms with Crippen molar-refractivity contribution >= 4 is 29.2 Å². The number of carbonyl (C=O) groups excluding carboxylic acids is 3. The molecule has 6 rings (SSSR count). The number of fused-ring (bicyclic) bond motifs is 2. The third-order valence-electron chi connectivity index (χ3n) is 7.84. The van der Waals surface area contributed by atoms with Gasteiger partial charge < -0.3 is 19.3 Å². The molecule has 0 bridgehead atoms. The monoisotopic (exact) mass is 528 g/mol. The summed E-state index contributed by atoms with van der Waals surface area (Å²) in [7, 11) is 0. The summed E-state index contributed by atoms with van der Waals surface area (Å²) in [4.78, 5) is 43.2. The van der Waals surface area contributed by atoms with Gasteiger partial charge in [-0.1, -0.05) is 0 Å². The molecule has 0 radical (unpaired) electrons. The highest BCUT2D eigenvalue weighted by Gasteiger charge is 2.56. The smallest absolute Gasteiger partial charge is 0.359 e. The van der Waals surface area contributed by atoms with Crippen LogP contribution >= 0.6 is 0 Å². The number of ether oxygens (including phenoxy) is 2. The predicted octanol–water partition coefficient (Wildman–Crippen LogP) is 4.66. The summed E-state index contributed by atoms with van der Waals surface area (Å²) >= 11 is 0. The molecule has 2 amide bonds. The number of amides is 2. The molecular formula is C30H32N4O5. The zero-order valence-corrected chi connectivity index (χ0v) is 22.3. The van der Waals surface area contributed by atoms with Crippen molar-refractivity contribution < 1.29 is 23.9 Å². The lowest BCUT2D eigenvalue weighted by Gasteiger charge is -2.34. The molecule has 3 heterocycles. The molecule has 0 unspecified atom stereocenters. The van der Waals surface area contributed by atoms with E-state index in [-0.39, 0.29) is 29.5 Å². The van der Waals surface area contributed by atoms with Crippen LogP contribution in [0.15, 0.2) is 48.5 Å². The van der Waals surface area contributed by atoms with Gasteiger partial charge in [-0.05, 0) is 88.1 Å². The molecule has 1 aliphatic carbocycles. The molecule has 202 valence electrons. The Morgan fingerprint density at radius 3 is 2.18 bits per heavy atom. The lowest BCUT2D eigenvalue weighted by atomic mass is 9.88. The number of aromatic nitrogens is 2. The normalized spacial score (nSPS) is 17.8. The van der Waals surface area contributed by atoms with Gasteiger partial charge in [-0.3, -0.25) is 9.59 Å². The van der Waals surface area contributed by atoms with Gasteiger partial charge in [-0.15, -0.1) is 0 Å². The minimum atomic E-state index is -0.512. The Balaban J connectivity index is 1.41. The number of anilines is 2. The van der Waals surface area contributed by atoms with E-state index in [1.165, 1.54) is 0 Å². The highest BCUT2D eigenvalue weighted by atomic mass is 16.5. The lowest BCUT2D eigenvalue weighted by molar-refractivity contribution is -0.119. The Morgan fingerprint density at radius 2 is 1.56 bits per heavy atom. The first-order valence-corrected chi connectivity index (χ1v) is 13.7. The van der Waals surface area contributed by atoms with Crippen LogP contribution in [0.2, 0.25) is 0 Å². The molecule has 9 heteroatoms. The predicted molar refractivity (Wildman–Crippen MR) is 146 cm³/mol. The van der Waals surface area contributed by atoms with Crippen molar-refractivity contribution in [3.05, 3.63) is 65.5 Å². The zero-order valence-electron chi connectivity index (χ0n) is 22.3. The maximum atomic E-state index is 14.2. The summed E-state index contributed by atoms with van der Waals surface area (Å²) in [6.45, 7) is 5.62. The van der Waals surface area contributed by atoms with Crippen molar-refractivity contribution in [3.8, 4) is 11.4 Å². The van der Waals surface area contributed by atoms with Crippen LogP contribution in [0.3, 0.4) is 0 Å². The van der Waals surface area contributed by atoms with Crippen LogP contribution in [0.5, 0.6) is 5.75 Å². The van der Waals surface area contributed by atoms with Gasteiger partial charge in [0.2, 0.25) is 5.91 Å². The fourth-order valence-corrected chi connectivity index (χ4v) is 5.74. The van der Waals surface area contributed by atoms with Crippen LogP contribution in [0.1, 0.15) is 72.5 Å². The van der Waals surface area contributed by atoms with E-state index in [1.54, 1.807) is 16.5 Å². The first-order chi connectivity index (χ1) is 19.0. The van der Waals surface area contributed by atoms with Crippen molar-refractivity contribution in [1.29, 1.82) is 0 Å². The maximum Gasteiger partial charge on any atom is 0.359 e. The van der Waals surface area contributed by atoms with Gasteiger partial charge in [-0.25, -0.2) is 9.48 Å². The number of nitrogens with zero attached hydrogens (tertiary/aromatic N) is 4. The number of benzene rings is 2. The van der Waals surface area contributed by atoms with E-state index < -0.39 is 5.97 Å². The van der Waals surface area contributed by atoms with E-state index in [0.717, 1.165) is 37.1 Å². The summed E-state index contributed by atoms with van der Waals surface area (Å²) < 4.78 is 12.5. The van der Waals surface area contributed by atoms with Crippen molar-refractivity contribution in [3.63, 3.8) is 0 Å². The molecule has 1 spiro atoms. The second-order valence-electron chi connectivity index (χ2n) is 10.3. The standard InChI is InChI=1S/C30H32N4O5/c1-3-38-23-14-12-22(13-15-23)34-27-25(26(31-34)29(37)39-4-2)30(16-17-30)19-33(28(27)36)21-10-8-20(9-11-21)32-18-6-5-7-24(32)35/h8-15H,3-7,16-19H2,1-2H3. The Bertz CT molecular complexity index is 1420. The highest BCUT2D eigenvalue weighted by Crippen LogP contribution is 2.54. The minimum absolute atomic E-state index is 0.135. The van der Waals surface area contributed by atoms with Crippen molar-refractivity contribution in [2.24, 2.45) is 0 Å². The molecule has 39 heavy (non-hydrogen) atoms. The third kappa shape index (κ3) is 4.35. The molecule has 2 fully saturated rings. The summed E-state index contributed by atoms with van der Waals surface area (Å²) in [5, 5.41) is 4.66. The molecule has 1 saturated carbocycles. The van der Waals surface area contributed by atoms with E-state index in [4.69, 9.17) is 9.47 Å². The van der Waals surface area contributed by atoms with Crippen LogP contribution in [0.25, 0.3) is 5.69 Å². The maximum absolute atomic E-state index is 14.2. The van der Waals surface area contributed by atoms with Crippen LogP contribution in [-0.4, -0.2) is 53.9 Å². The van der Waals surface area contributed by atoms with Gasteiger partial charge in [0.25, 0.3) is 5.91 Å². The van der Waals surface area contributed by atoms with Gasteiger partial charge in [-0.2, -0.15) is 5.10 Å². The number of rotatable bonds is 7. The summed E-state index contributed by atoms with van der Waals surface area (Å²) in [5.41, 5.74) is 3.20. The summed E-state index contributed by atoms with van der Waals surface area (Å²) in [5.74, 6) is 0.116. The molecular weight excluding hydrogens is 496 g/mol. The lowest BCUT2D eigenvalue weighted by Crippen LogP contribution is -2.44. The van der Waals surface area contributed by atoms with Gasteiger partial charge in [0.1, 0.15) is 11.4 Å². The largest absolute Gasteiger partial charge is 0.494 e. The first kappa shape index (κ1) is 25.2. The molecule has 1 saturated heterocycles. The molecule has 3 aliphatic rings. The third-order valence-corrected chi connectivity index (χ3v) is 7.84. The molecule has 1 aromatic heterocycles. The molecule has 2 aromatic carbocycles. The van der Waals surface area contributed by atoms with E-state index in [9.17, 15) is 14.4 Å². The Kier molecular flexibility index (Phi) is 6.37. The molecule has 0 N–H and O–H groups in total. The van der Waals surface area contributed by atoms with Crippen LogP contribution in [0.4, 0.5) is 11.4 Å². The summed E-state index contributed by atoms with van der Waals surface area (Å²) in [6.07, 6.45) is 4.19. The van der Waals surface area contributed by atoms with Gasteiger partial charge in [0, 0.05) is 41.9 Å². The fourth-order valence-electron chi connectivity index (χ4n) is 5.74. The van der Waals surface area contributed by atoms with Crippen molar-refractivity contribution in [1.82, 2.24) is 9.78 Å². The highest BCUT2D eigenvalue weighted by molar-refractivity contribution is 6.10. The Hall–Kier alpha value is -4.14. The van der Waals surface area contributed by atoms with Crippen LogP contribution < -0.4 is 14.5 Å². The molecule has 3 aromatic rings. The van der Waals surface area contributed by atoms with Crippen LogP contribution in [-0.2, 0) is 14.9 Å². The van der Waals surface area contributed by atoms with E-state index >= 15 is 0 Å². The number of esters is 1. The molecule has 9 nitrogen and oxygen atoms in total. The minimum Gasteiger partial charge on any atom is -0.494 e. The topological polar surface area (TPSA) is 94.0 Å². The second kappa shape index (κ2) is 9.87. The average molecular weight is 529 g/mol. The number of hydrogen-bond donors (Lipinski definition) is 0. The quantitative estimate of drug-likeness (QED) is 0.414. The van der Waals surface area contributed by atoms with E-state index in [2.05, 4.69) is 5.10 Å². The average Bonchev–Trinajstić information content (AvgIpc) is 3.60. The second-order valence-corrected chi connectivity index (χ2v) is 10.3. The van der Waals surface area contributed by atoms with Gasteiger partial charge in [0.15, 0.2) is 5.69 Å². The first-order valence-electron chi connectivity index (χ1n) is 13.7. The number of piperidine rings is 1. The Labute approximate surface area is 227 Å². The molecule has 0 atom stereocenters.